The predicted octanol–water partition coefficient (Wildman–Crippen LogP) is -0.655. The average molecular weight is 253 g/mol. The number of hydrogen-bond donors (Lipinski definition) is 2. The average Bonchev–Trinajstić information content (AvgIpc) is 3.01. The highest BCUT2D eigenvalue weighted by molar-refractivity contribution is 7.89. The van der Waals surface area contributed by atoms with Gasteiger partial charge in [0.2, 0.25) is 10.0 Å². The topological polar surface area (TPSA) is 75.6 Å². The second-order valence-electron chi connectivity index (χ2n) is 4.42. The van der Waals surface area contributed by atoms with Crippen molar-refractivity contribution in [3.63, 3.8) is 0 Å². The van der Waals surface area contributed by atoms with E-state index >= 15 is 0 Å². The molecule has 7 heteroatoms. The van der Waals surface area contributed by atoms with Gasteiger partial charge in [0.05, 0.1) is 11.5 Å². The fourth-order valence-electron chi connectivity index (χ4n) is 1.86. The molecule has 1 aliphatic carbocycles. The van der Waals surface area contributed by atoms with Crippen molar-refractivity contribution in [2.24, 2.45) is 0 Å². The first-order valence-electron chi connectivity index (χ1n) is 5.51. The van der Waals surface area contributed by atoms with E-state index in [9.17, 15) is 13.4 Å². The molecule has 0 amide bonds. The summed E-state index contributed by atoms with van der Waals surface area (Å²) >= 11 is 0. The monoisotopic (exact) mass is 253 g/mol. The summed E-state index contributed by atoms with van der Waals surface area (Å²) in [5.74, 6) is 0. The van der Waals surface area contributed by atoms with E-state index in [1.165, 1.54) is 6.07 Å². The summed E-state index contributed by atoms with van der Waals surface area (Å²) in [7, 11) is -4.36. The third kappa shape index (κ3) is 2.11. The molecule has 1 aliphatic heterocycles. The van der Waals surface area contributed by atoms with Gasteiger partial charge in [0.1, 0.15) is 0 Å². The molecule has 90 valence electrons. The molecule has 0 unspecified atom stereocenters. The van der Waals surface area contributed by atoms with E-state index in [4.69, 9.17) is 4.65 Å². The predicted molar refractivity (Wildman–Crippen MR) is 62.2 cm³/mol. The molecule has 0 saturated heterocycles. The van der Waals surface area contributed by atoms with E-state index < -0.39 is 17.1 Å². The van der Waals surface area contributed by atoms with Crippen LogP contribution in [0.3, 0.4) is 0 Å². The van der Waals surface area contributed by atoms with Crippen molar-refractivity contribution in [2.45, 2.75) is 30.4 Å². The molecule has 1 saturated carbocycles. The van der Waals surface area contributed by atoms with Crippen LogP contribution in [-0.2, 0) is 21.3 Å². The molecule has 1 aromatic rings. The van der Waals surface area contributed by atoms with Gasteiger partial charge in [-0.05, 0) is 36.0 Å². The summed E-state index contributed by atoms with van der Waals surface area (Å²) in [5, 5.41) is 9.44. The molecule has 0 atom stereocenters. The first-order chi connectivity index (χ1) is 8.06. The van der Waals surface area contributed by atoms with E-state index in [0.29, 0.717) is 5.46 Å². The maximum absolute atomic E-state index is 11.9. The Hall–Kier alpha value is -0.885. The Kier molecular flexibility index (Phi) is 2.51. The zero-order chi connectivity index (χ0) is 12.0. The zero-order valence-electron chi connectivity index (χ0n) is 9.09. The van der Waals surface area contributed by atoms with E-state index in [-0.39, 0.29) is 17.5 Å². The lowest BCUT2D eigenvalue weighted by Crippen LogP contribution is -2.29. The molecule has 3 rings (SSSR count). The summed E-state index contributed by atoms with van der Waals surface area (Å²) in [4.78, 5) is 0.237. The van der Waals surface area contributed by atoms with Crippen LogP contribution in [0.1, 0.15) is 18.4 Å². The molecule has 1 heterocycles. The van der Waals surface area contributed by atoms with Crippen LogP contribution in [-0.4, -0.2) is 26.6 Å². The van der Waals surface area contributed by atoms with Crippen molar-refractivity contribution in [3.8, 4) is 0 Å². The van der Waals surface area contributed by atoms with Crippen molar-refractivity contribution < 1.29 is 18.1 Å². The third-order valence-corrected chi connectivity index (χ3v) is 4.50. The Morgan fingerprint density at radius 3 is 2.88 bits per heavy atom. The Balaban J connectivity index is 1.93. The summed E-state index contributed by atoms with van der Waals surface area (Å²) in [5.41, 5.74) is 1.38. The minimum absolute atomic E-state index is 0.0927. The van der Waals surface area contributed by atoms with Crippen LogP contribution in [0.15, 0.2) is 23.1 Å². The number of hydrogen-bond acceptors (Lipinski definition) is 4. The lowest BCUT2D eigenvalue weighted by atomic mass is 9.80. The first kappa shape index (κ1) is 11.2. The Bertz CT molecular complexity index is 555. The molecule has 1 aromatic carbocycles. The van der Waals surface area contributed by atoms with Gasteiger partial charge in [-0.25, -0.2) is 13.1 Å². The number of sulfonamides is 1. The standard InChI is InChI=1S/C10H12BNO4S/c13-11-10-4-3-9(5-7(10)6-16-11)17(14,15)12-8-1-2-8/h3-5,8,12-13H,1-2,6H2. The molecule has 2 aliphatic rings. The van der Waals surface area contributed by atoms with Gasteiger partial charge in [-0.2, -0.15) is 0 Å². The number of benzene rings is 1. The molecule has 1 fully saturated rings. The second kappa shape index (κ2) is 3.81. The van der Waals surface area contributed by atoms with Crippen LogP contribution >= 0.6 is 0 Å². The van der Waals surface area contributed by atoms with Crippen molar-refractivity contribution in [1.29, 1.82) is 0 Å². The molecule has 0 radical (unpaired) electrons. The summed E-state index contributed by atoms with van der Waals surface area (Å²) in [6.07, 6.45) is 1.82. The summed E-state index contributed by atoms with van der Waals surface area (Å²) in [6, 6.07) is 4.77. The second-order valence-corrected chi connectivity index (χ2v) is 6.13. The van der Waals surface area contributed by atoms with Gasteiger partial charge in [0.15, 0.2) is 0 Å². The maximum atomic E-state index is 11.9. The van der Waals surface area contributed by atoms with Crippen LogP contribution in [0.5, 0.6) is 0 Å². The molecular weight excluding hydrogens is 241 g/mol. The SMILES string of the molecule is O=S(=O)(NC1CC1)c1ccc2c(c1)COB2O. The maximum Gasteiger partial charge on any atom is 0.491 e. The van der Waals surface area contributed by atoms with Crippen molar-refractivity contribution in [1.82, 2.24) is 4.72 Å². The largest absolute Gasteiger partial charge is 0.491 e. The lowest BCUT2D eigenvalue weighted by molar-refractivity contribution is 0.275. The minimum atomic E-state index is -3.42. The normalized spacial score (nSPS) is 19.5. The third-order valence-electron chi connectivity index (χ3n) is 2.99. The highest BCUT2D eigenvalue weighted by atomic mass is 32.2. The van der Waals surface area contributed by atoms with E-state index in [1.54, 1.807) is 12.1 Å². The zero-order valence-corrected chi connectivity index (χ0v) is 9.90. The molecular formula is C10H12BNO4S. The smallest absolute Gasteiger partial charge is 0.423 e. The molecule has 0 aromatic heterocycles. The Morgan fingerprint density at radius 2 is 2.18 bits per heavy atom. The van der Waals surface area contributed by atoms with Gasteiger partial charge in [0.25, 0.3) is 0 Å². The minimum Gasteiger partial charge on any atom is -0.423 e. The van der Waals surface area contributed by atoms with E-state index in [2.05, 4.69) is 4.72 Å². The van der Waals surface area contributed by atoms with Crippen LogP contribution in [0, 0.1) is 0 Å². The van der Waals surface area contributed by atoms with E-state index in [0.717, 1.165) is 18.4 Å². The fraction of sp³-hybridized carbons (Fsp3) is 0.400. The number of nitrogens with one attached hydrogen (secondary N) is 1. The molecule has 0 bridgehead atoms. The van der Waals surface area contributed by atoms with Gasteiger partial charge in [-0.3, -0.25) is 0 Å². The Labute approximate surface area is 100.0 Å². The van der Waals surface area contributed by atoms with Gasteiger partial charge in [0, 0.05) is 6.04 Å². The molecule has 17 heavy (non-hydrogen) atoms. The fourth-order valence-corrected chi connectivity index (χ4v) is 3.22. The molecule has 2 N–H and O–H groups in total. The Morgan fingerprint density at radius 1 is 1.41 bits per heavy atom. The summed E-state index contributed by atoms with van der Waals surface area (Å²) in [6.45, 7) is 0.253. The van der Waals surface area contributed by atoms with Gasteiger partial charge < -0.3 is 9.68 Å². The van der Waals surface area contributed by atoms with Gasteiger partial charge >= 0.3 is 7.12 Å². The highest BCUT2D eigenvalue weighted by Crippen LogP contribution is 2.23. The van der Waals surface area contributed by atoms with Crippen LogP contribution < -0.4 is 10.2 Å². The quantitative estimate of drug-likeness (QED) is 0.701. The van der Waals surface area contributed by atoms with Gasteiger partial charge in [-0.1, -0.05) is 6.07 Å². The van der Waals surface area contributed by atoms with E-state index in [1.807, 2.05) is 0 Å². The summed E-state index contributed by atoms with van der Waals surface area (Å²) < 4.78 is 31.5. The van der Waals surface area contributed by atoms with Crippen molar-refractivity contribution in [2.75, 3.05) is 0 Å². The number of fused-ring (bicyclic) bond motifs is 1. The van der Waals surface area contributed by atoms with Crippen molar-refractivity contribution in [3.05, 3.63) is 23.8 Å². The molecule has 5 nitrogen and oxygen atoms in total. The van der Waals surface area contributed by atoms with Crippen LogP contribution in [0.25, 0.3) is 0 Å². The first-order valence-corrected chi connectivity index (χ1v) is 6.99. The van der Waals surface area contributed by atoms with Gasteiger partial charge in [-0.15, -0.1) is 0 Å². The lowest BCUT2D eigenvalue weighted by Gasteiger charge is -2.06. The molecule has 0 spiro atoms. The van der Waals surface area contributed by atoms with Crippen LogP contribution in [0.4, 0.5) is 0 Å². The van der Waals surface area contributed by atoms with Crippen molar-refractivity contribution >= 4 is 22.6 Å². The number of rotatable bonds is 3. The highest BCUT2D eigenvalue weighted by Gasteiger charge is 2.31. The van der Waals surface area contributed by atoms with Crippen LogP contribution in [0.2, 0.25) is 0 Å².